The van der Waals surface area contributed by atoms with Gasteiger partial charge in [-0.15, -0.1) is 16.6 Å². The molecule has 8 rings (SSSR count). The van der Waals surface area contributed by atoms with E-state index in [4.69, 9.17) is 27.1 Å². The first-order chi connectivity index (χ1) is 24.8. The highest BCUT2D eigenvalue weighted by atomic mass is 35.5. The molecule has 4 heterocycles. The van der Waals surface area contributed by atoms with Crippen molar-refractivity contribution >= 4 is 56.7 Å². The third kappa shape index (κ3) is 5.77. The van der Waals surface area contributed by atoms with Crippen molar-refractivity contribution in [3.63, 3.8) is 0 Å². The Labute approximate surface area is 306 Å². The predicted octanol–water partition coefficient (Wildman–Crippen LogP) is 7.44. The topological polar surface area (TPSA) is 121 Å². The Morgan fingerprint density at radius 1 is 1.08 bits per heavy atom. The van der Waals surface area contributed by atoms with Gasteiger partial charge < -0.3 is 20.3 Å². The van der Waals surface area contributed by atoms with E-state index in [1.807, 2.05) is 53.9 Å². The van der Waals surface area contributed by atoms with Gasteiger partial charge >= 0.3 is 18.2 Å². The maximum atomic E-state index is 13.4. The van der Waals surface area contributed by atoms with Crippen molar-refractivity contribution in [3.05, 3.63) is 106 Å². The second kappa shape index (κ2) is 13.3. The smallest absolute Gasteiger partial charge is 0.410 e. The largest absolute Gasteiger partial charge is 0.448 e. The van der Waals surface area contributed by atoms with Crippen LogP contribution in [0.15, 0.2) is 83.2 Å². The van der Waals surface area contributed by atoms with E-state index in [0.717, 1.165) is 32.8 Å². The molecule has 51 heavy (non-hydrogen) atoms. The fourth-order valence-corrected chi connectivity index (χ4v) is 9.07. The Morgan fingerprint density at radius 2 is 1.82 bits per heavy atom. The lowest BCUT2D eigenvalue weighted by Crippen LogP contribution is -2.69. The zero-order valence-corrected chi connectivity index (χ0v) is 30.1. The third-order valence-corrected chi connectivity index (χ3v) is 11.8. The second-order valence-electron chi connectivity index (χ2n) is 13.8. The number of aromatic nitrogens is 2. The minimum Gasteiger partial charge on any atom is -0.448 e. The van der Waals surface area contributed by atoms with E-state index in [1.54, 1.807) is 16.2 Å². The summed E-state index contributed by atoms with van der Waals surface area (Å²) in [5.41, 5.74) is 15.2. The number of aliphatic imine (C=N–C) groups is 1. The molecule has 1 saturated heterocycles. The summed E-state index contributed by atoms with van der Waals surface area (Å²) in [5, 5.41) is 13.0. The van der Waals surface area contributed by atoms with Crippen molar-refractivity contribution < 1.29 is 14.0 Å². The predicted molar refractivity (Wildman–Crippen MR) is 201 cm³/mol. The van der Waals surface area contributed by atoms with Gasteiger partial charge in [-0.25, -0.2) is 9.78 Å². The summed E-state index contributed by atoms with van der Waals surface area (Å²) in [6.07, 6.45) is 2.84. The third-order valence-electron chi connectivity index (χ3n) is 10.7. The number of fused-ring (bicyclic) bond motifs is 5. The van der Waals surface area contributed by atoms with Crippen LogP contribution in [0.4, 0.5) is 16.3 Å². The maximum Gasteiger partial charge on any atom is 0.410 e. The number of ether oxygens (including phenoxy) is 1. The van der Waals surface area contributed by atoms with Crippen LogP contribution in [0.1, 0.15) is 42.0 Å². The molecule has 2 aromatic heterocycles. The molecule has 1 amide bonds. The maximum absolute atomic E-state index is 13.4. The van der Waals surface area contributed by atoms with Crippen LogP contribution < -0.4 is 10.6 Å². The molecule has 2 atom stereocenters. The summed E-state index contributed by atoms with van der Waals surface area (Å²) in [5.74, 6) is 1.18. The van der Waals surface area contributed by atoms with E-state index >= 15 is 0 Å². The average Bonchev–Trinajstić information content (AvgIpc) is 3.75. The molecule has 0 spiro atoms. The molecular weight excluding hydrogens is 680 g/mol. The summed E-state index contributed by atoms with van der Waals surface area (Å²) in [6.45, 7) is 6.96. The zero-order valence-electron chi connectivity index (χ0n) is 28.5. The van der Waals surface area contributed by atoms with Gasteiger partial charge in [-0.05, 0) is 68.9 Å². The lowest BCUT2D eigenvalue weighted by atomic mass is 9.96. The number of quaternary nitrogens is 1. The monoisotopic (exact) mass is 717 g/mol. The molecule has 0 bridgehead atoms. The Bertz CT molecular complexity index is 2190. The van der Waals surface area contributed by atoms with E-state index in [2.05, 4.69) is 59.2 Å². The van der Waals surface area contributed by atoms with Crippen molar-refractivity contribution in [3.8, 4) is 17.3 Å². The number of nitriles is 1. The van der Waals surface area contributed by atoms with Gasteiger partial charge in [0.15, 0.2) is 5.82 Å². The van der Waals surface area contributed by atoms with Crippen LogP contribution >= 0.6 is 22.9 Å². The molecule has 12 heteroatoms. The highest BCUT2D eigenvalue weighted by Gasteiger charge is 2.49. The van der Waals surface area contributed by atoms with Crippen molar-refractivity contribution in [1.82, 2.24) is 14.9 Å². The van der Waals surface area contributed by atoms with Crippen LogP contribution in [-0.2, 0) is 17.7 Å². The first kappa shape index (κ1) is 33.1. The molecule has 2 unspecified atom stereocenters. The Hall–Kier alpha value is -5.02. The number of hydrogen-bond acceptors (Lipinski definition) is 8. The molecular formula is C39H38ClN8O2S+. The normalized spacial score (nSPS) is 20.2. The standard InChI is InChI=1S/C39H38ClN8O2S/c1-24(2)34-21-46(36-35-33(15-19-51-35)43-37(40)45-36)17-18-48(34,23-41)38(42)44-32-13-7-8-25-20-47(16-14-26(25)32)39(49)50-22-31-29-11-5-3-9-27(29)28-10-4-6-12-30(28)31/h3-13,15,19,24,31,34H,14,16-18,20-22H2,1-2H3,(H2,42,44)/q+1. The number of anilines is 1. The van der Waals surface area contributed by atoms with Crippen LogP contribution in [0.25, 0.3) is 21.3 Å². The number of thiophene rings is 1. The number of benzene rings is 3. The van der Waals surface area contributed by atoms with Crippen LogP contribution in [0.5, 0.6) is 0 Å². The first-order valence-corrected chi connectivity index (χ1v) is 18.5. The molecule has 0 radical (unpaired) electrons. The molecule has 0 saturated carbocycles. The van der Waals surface area contributed by atoms with Gasteiger partial charge in [0.25, 0.3) is 0 Å². The van der Waals surface area contributed by atoms with Crippen molar-refractivity contribution in [1.29, 1.82) is 5.26 Å². The highest BCUT2D eigenvalue weighted by Crippen LogP contribution is 2.44. The van der Waals surface area contributed by atoms with Gasteiger partial charge in [-0.1, -0.05) is 74.5 Å². The number of carbonyl (C=O) groups excluding carboxylic acids is 1. The molecule has 10 nitrogen and oxygen atoms in total. The summed E-state index contributed by atoms with van der Waals surface area (Å²) in [4.78, 5) is 31.3. The van der Waals surface area contributed by atoms with Gasteiger partial charge in [0.1, 0.15) is 19.2 Å². The van der Waals surface area contributed by atoms with Crippen LogP contribution in [0.3, 0.4) is 0 Å². The van der Waals surface area contributed by atoms with E-state index in [-0.39, 0.29) is 46.3 Å². The number of guanidine groups is 1. The number of hydrogen-bond donors (Lipinski definition) is 1. The minimum absolute atomic E-state index is 0.00456. The van der Waals surface area contributed by atoms with E-state index in [9.17, 15) is 10.1 Å². The molecule has 1 aliphatic carbocycles. The van der Waals surface area contributed by atoms with E-state index in [1.165, 1.54) is 22.3 Å². The van der Waals surface area contributed by atoms with Gasteiger partial charge in [-0.2, -0.15) is 14.5 Å². The number of halogens is 1. The molecule has 5 aromatic rings. The molecule has 2 aliphatic heterocycles. The first-order valence-electron chi connectivity index (χ1n) is 17.3. The van der Waals surface area contributed by atoms with Crippen LogP contribution in [0, 0.1) is 17.4 Å². The van der Waals surface area contributed by atoms with Crippen molar-refractivity contribution in [2.24, 2.45) is 16.6 Å². The summed E-state index contributed by atoms with van der Waals surface area (Å²) in [6, 6.07) is 24.4. The number of carbonyl (C=O) groups is 1. The molecule has 1 fully saturated rings. The van der Waals surface area contributed by atoms with Crippen molar-refractivity contribution in [2.45, 2.75) is 38.8 Å². The molecule has 258 valence electrons. The highest BCUT2D eigenvalue weighted by molar-refractivity contribution is 7.17. The summed E-state index contributed by atoms with van der Waals surface area (Å²) in [7, 11) is 0. The molecule has 3 aliphatic rings. The van der Waals surface area contributed by atoms with Gasteiger partial charge in [0.2, 0.25) is 5.28 Å². The minimum atomic E-state index is -0.327. The SMILES string of the molecule is CC(C)C1CN(c2nc(Cl)nc3ccsc23)CC[N+]1(C#N)C(N)=Nc1cccc2c1CCN(C(=O)OCC1c3ccccc3-c3ccccc31)C2. The Kier molecular flexibility index (Phi) is 8.62. The average molecular weight is 718 g/mol. The van der Waals surface area contributed by atoms with Crippen LogP contribution in [0.2, 0.25) is 5.28 Å². The van der Waals surface area contributed by atoms with Crippen molar-refractivity contribution in [2.75, 3.05) is 37.7 Å². The summed E-state index contributed by atoms with van der Waals surface area (Å²) >= 11 is 7.90. The second-order valence-corrected chi connectivity index (χ2v) is 15.0. The van der Waals surface area contributed by atoms with Crippen LogP contribution in [-0.4, -0.2) is 70.2 Å². The Balaban J connectivity index is 0.996. The Morgan fingerprint density at radius 3 is 2.55 bits per heavy atom. The number of rotatable bonds is 5. The fraction of sp³-hybridized carbons (Fsp3) is 0.308. The van der Waals surface area contributed by atoms with E-state index < -0.39 is 0 Å². The fourth-order valence-electron chi connectivity index (χ4n) is 8.06. The summed E-state index contributed by atoms with van der Waals surface area (Å²) < 4.78 is 6.87. The number of amides is 1. The molecule has 2 N–H and O–H groups in total. The van der Waals surface area contributed by atoms with Gasteiger partial charge in [-0.3, -0.25) is 0 Å². The quantitative estimate of drug-likeness (QED) is 0.0660. The van der Waals surface area contributed by atoms with Gasteiger partial charge in [0.05, 0.1) is 29.0 Å². The lowest BCUT2D eigenvalue weighted by molar-refractivity contribution is -0.809. The number of piperazine rings is 1. The molecule has 3 aromatic carbocycles. The zero-order chi connectivity index (χ0) is 35.3. The van der Waals surface area contributed by atoms with Gasteiger partial charge in [0, 0.05) is 24.9 Å². The number of nitrogens with zero attached hydrogens (tertiary/aromatic N) is 7. The number of nitrogens with two attached hydrogens (primary N) is 1. The van der Waals surface area contributed by atoms with E-state index in [0.29, 0.717) is 39.1 Å². The lowest BCUT2D eigenvalue weighted by Gasteiger charge is -2.45.